The lowest BCUT2D eigenvalue weighted by atomic mass is 9.80. The SMILES string of the molecule is CCOC(=O)C1(C)CCN(c2cc3cccnc3c(-c3cccc(C#N)c3)n2)CC1. The fraction of sp³-hybridized carbons (Fsp3) is 0.333. The molecule has 0 bridgehead atoms. The molecule has 0 N–H and O–H groups in total. The molecule has 6 heteroatoms. The van der Waals surface area contributed by atoms with Gasteiger partial charge in [-0.25, -0.2) is 4.98 Å². The minimum Gasteiger partial charge on any atom is -0.466 e. The van der Waals surface area contributed by atoms with Gasteiger partial charge in [-0.15, -0.1) is 0 Å². The summed E-state index contributed by atoms with van der Waals surface area (Å²) < 4.78 is 5.27. The second kappa shape index (κ2) is 8.11. The van der Waals surface area contributed by atoms with Crippen molar-refractivity contribution in [3.63, 3.8) is 0 Å². The third kappa shape index (κ3) is 3.71. The first-order chi connectivity index (χ1) is 14.5. The molecule has 1 aromatic carbocycles. The van der Waals surface area contributed by atoms with Crippen LogP contribution < -0.4 is 4.90 Å². The Kier molecular flexibility index (Phi) is 5.37. The van der Waals surface area contributed by atoms with E-state index in [1.165, 1.54) is 0 Å². The van der Waals surface area contributed by atoms with Gasteiger partial charge in [0.1, 0.15) is 5.82 Å². The van der Waals surface area contributed by atoms with Crippen molar-refractivity contribution in [2.45, 2.75) is 26.7 Å². The maximum absolute atomic E-state index is 12.3. The summed E-state index contributed by atoms with van der Waals surface area (Å²) in [4.78, 5) is 24.0. The minimum absolute atomic E-state index is 0.116. The van der Waals surface area contributed by atoms with E-state index in [0.29, 0.717) is 12.2 Å². The van der Waals surface area contributed by atoms with Crippen molar-refractivity contribution in [2.24, 2.45) is 5.41 Å². The summed E-state index contributed by atoms with van der Waals surface area (Å²) in [7, 11) is 0. The zero-order valence-electron chi connectivity index (χ0n) is 17.3. The number of nitrogens with zero attached hydrogens (tertiary/aromatic N) is 4. The first kappa shape index (κ1) is 19.8. The van der Waals surface area contributed by atoms with Crippen molar-refractivity contribution in [1.82, 2.24) is 9.97 Å². The van der Waals surface area contributed by atoms with E-state index < -0.39 is 5.41 Å². The monoisotopic (exact) mass is 400 g/mol. The van der Waals surface area contributed by atoms with E-state index in [1.807, 2.05) is 50.2 Å². The number of carbonyl (C=O) groups excluding carboxylic acids is 1. The smallest absolute Gasteiger partial charge is 0.311 e. The van der Waals surface area contributed by atoms with Crippen molar-refractivity contribution in [2.75, 3.05) is 24.6 Å². The highest BCUT2D eigenvalue weighted by molar-refractivity contribution is 5.93. The lowest BCUT2D eigenvalue weighted by molar-refractivity contribution is -0.155. The fourth-order valence-electron chi connectivity index (χ4n) is 3.91. The van der Waals surface area contributed by atoms with Crippen LogP contribution in [0.5, 0.6) is 0 Å². The number of nitriles is 1. The molecule has 4 rings (SSSR count). The van der Waals surface area contributed by atoms with Gasteiger partial charge in [-0.3, -0.25) is 9.78 Å². The van der Waals surface area contributed by atoms with Crippen LogP contribution >= 0.6 is 0 Å². The predicted octanol–water partition coefficient (Wildman–Crippen LogP) is 4.34. The third-order valence-electron chi connectivity index (χ3n) is 5.80. The molecule has 152 valence electrons. The fourth-order valence-corrected chi connectivity index (χ4v) is 3.91. The largest absolute Gasteiger partial charge is 0.466 e. The van der Waals surface area contributed by atoms with E-state index in [9.17, 15) is 10.1 Å². The second-order valence-corrected chi connectivity index (χ2v) is 7.86. The maximum Gasteiger partial charge on any atom is 0.311 e. The van der Waals surface area contributed by atoms with Gasteiger partial charge < -0.3 is 9.64 Å². The molecule has 1 aliphatic rings. The Hall–Kier alpha value is -3.46. The van der Waals surface area contributed by atoms with Gasteiger partial charge in [-0.05, 0) is 51.0 Å². The van der Waals surface area contributed by atoms with E-state index in [-0.39, 0.29) is 5.97 Å². The summed E-state index contributed by atoms with van der Waals surface area (Å²) in [5, 5.41) is 10.3. The number of rotatable bonds is 4. The summed E-state index contributed by atoms with van der Waals surface area (Å²) in [6.07, 6.45) is 3.20. The Morgan fingerprint density at radius 1 is 1.23 bits per heavy atom. The molecule has 30 heavy (non-hydrogen) atoms. The maximum atomic E-state index is 12.3. The van der Waals surface area contributed by atoms with Gasteiger partial charge in [0, 0.05) is 30.2 Å². The highest BCUT2D eigenvalue weighted by Gasteiger charge is 2.38. The summed E-state index contributed by atoms with van der Waals surface area (Å²) >= 11 is 0. The Morgan fingerprint density at radius 2 is 2.03 bits per heavy atom. The molecule has 0 saturated carbocycles. The van der Waals surface area contributed by atoms with Crippen molar-refractivity contribution in [3.05, 3.63) is 54.2 Å². The van der Waals surface area contributed by atoms with Crippen molar-refractivity contribution in [1.29, 1.82) is 5.26 Å². The van der Waals surface area contributed by atoms with Gasteiger partial charge in [-0.1, -0.05) is 18.2 Å². The van der Waals surface area contributed by atoms with Gasteiger partial charge in [-0.2, -0.15) is 5.26 Å². The summed E-state index contributed by atoms with van der Waals surface area (Å²) in [6.45, 7) is 5.69. The Morgan fingerprint density at radius 3 is 2.77 bits per heavy atom. The number of hydrogen-bond donors (Lipinski definition) is 0. The zero-order valence-corrected chi connectivity index (χ0v) is 17.3. The summed E-state index contributed by atoms with van der Waals surface area (Å²) in [6, 6.07) is 15.6. The standard InChI is InChI=1S/C24H24N4O2/c1-3-30-23(29)24(2)9-12-28(13-10-24)20-15-19-8-5-11-26-21(19)22(27-20)18-7-4-6-17(14-18)16-25/h4-8,11,14-15H,3,9-10,12-13H2,1-2H3. The molecule has 6 nitrogen and oxygen atoms in total. The number of benzene rings is 1. The number of fused-ring (bicyclic) bond motifs is 1. The number of hydrogen-bond acceptors (Lipinski definition) is 6. The topological polar surface area (TPSA) is 79.1 Å². The lowest BCUT2D eigenvalue weighted by Gasteiger charge is -2.38. The van der Waals surface area contributed by atoms with Crippen molar-refractivity contribution < 1.29 is 9.53 Å². The van der Waals surface area contributed by atoms with Gasteiger partial charge in [0.25, 0.3) is 0 Å². The normalized spacial score (nSPS) is 15.6. The first-order valence-electron chi connectivity index (χ1n) is 10.2. The van der Waals surface area contributed by atoms with Crippen LogP contribution in [0.25, 0.3) is 22.2 Å². The third-order valence-corrected chi connectivity index (χ3v) is 5.80. The lowest BCUT2D eigenvalue weighted by Crippen LogP contribution is -2.43. The molecule has 0 amide bonds. The second-order valence-electron chi connectivity index (χ2n) is 7.86. The van der Waals surface area contributed by atoms with Gasteiger partial charge >= 0.3 is 5.97 Å². The quantitative estimate of drug-likeness (QED) is 0.606. The zero-order chi connectivity index (χ0) is 21.1. The number of piperidine rings is 1. The molecule has 3 aromatic rings. The molecule has 3 heterocycles. The van der Waals surface area contributed by atoms with Crippen molar-refractivity contribution >= 4 is 22.7 Å². The average molecular weight is 400 g/mol. The first-order valence-corrected chi connectivity index (χ1v) is 10.2. The number of anilines is 1. The molecule has 0 atom stereocenters. The minimum atomic E-state index is -0.450. The van der Waals surface area contributed by atoms with Gasteiger partial charge in [0.15, 0.2) is 0 Å². The number of aromatic nitrogens is 2. The Bertz CT molecular complexity index is 1130. The predicted molar refractivity (Wildman–Crippen MR) is 116 cm³/mol. The Balaban J connectivity index is 1.70. The molecular weight excluding hydrogens is 376 g/mol. The molecule has 1 saturated heterocycles. The molecule has 1 aliphatic heterocycles. The van der Waals surface area contributed by atoms with Crippen LogP contribution in [-0.4, -0.2) is 35.6 Å². The molecule has 0 aliphatic carbocycles. The van der Waals surface area contributed by atoms with Crippen LogP contribution in [0.2, 0.25) is 0 Å². The van der Waals surface area contributed by atoms with Crippen LogP contribution in [0, 0.1) is 16.7 Å². The highest BCUT2D eigenvalue weighted by atomic mass is 16.5. The van der Waals surface area contributed by atoms with E-state index >= 15 is 0 Å². The van der Waals surface area contributed by atoms with Gasteiger partial charge in [0.2, 0.25) is 0 Å². The van der Waals surface area contributed by atoms with E-state index in [4.69, 9.17) is 9.72 Å². The van der Waals surface area contributed by atoms with Crippen LogP contribution in [0.15, 0.2) is 48.7 Å². The van der Waals surface area contributed by atoms with E-state index in [1.54, 1.807) is 12.3 Å². The molecule has 0 spiro atoms. The highest BCUT2D eigenvalue weighted by Crippen LogP contribution is 2.36. The van der Waals surface area contributed by atoms with E-state index in [0.717, 1.165) is 53.9 Å². The number of carbonyl (C=O) groups is 1. The number of ether oxygens (including phenoxy) is 1. The molecular formula is C24H24N4O2. The van der Waals surface area contributed by atoms with Crippen LogP contribution in [-0.2, 0) is 9.53 Å². The van der Waals surface area contributed by atoms with Gasteiger partial charge in [0.05, 0.1) is 34.9 Å². The van der Waals surface area contributed by atoms with Crippen molar-refractivity contribution in [3.8, 4) is 17.3 Å². The molecule has 2 aromatic heterocycles. The average Bonchev–Trinajstić information content (AvgIpc) is 2.79. The summed E-state index contributed by atoms with van der Waals surface area (Å²) in [5.74, 6) is 0.744. The molecule has 0 unspecified atom stereocenters. The van der Waals surface area contributed by atoms with E-state index in [2.05, 4.69) is 16.0 Å². The molecule has 0 radical (unpaired) electrons. The van der Waals surface area contributed by atoms with Crippen LogP contribution in [0.4, 0.5) is 5.82 Å². The van der Waals surface area contributed by atoms with Crippen LogP contribution in [0.1, 0.15) is 32.3 Å². The summed E-state index contributed by atoms with van der Waals surface area (Å²) in [5.41, 5.74) is 2.58. The number of pyridine rings is 2. The van der Waals surface area contributed by atoms with Crippen LogP contribution in [0.3, 0.4) is 0 Å². The number of esters is 1. The Labute approximate surface area is 176 Å². The molecule has 1 fully saturated rings.